The maximum absolute atomic E-state index is 11.8. The van der Waals surface area contributed by atoms with Gasteiger partial charge in [-0.25, -0.2) is 13.6 Å². The number of pyridine rings is 1. The van der Waals surface area contributed by atoms with E-state index in [1.54, 1.807) is 12.1 Å². The Morgan fingerprint density at radius 3 is 2.48 bits per heavy atom. The van der Waals surface area contributed by atoms with Crippen molar-refractivity contribution in [2.24, 2.45) is 5.14 Å². The molecule has 110 valence electrons. The van der Waals surface area contributed by atoms with Crippen molar-refractivity contribution in [2.75, 3.05) is 0 Å². The molecule has 0 atom stereocenters. The van der Waals surface area contributed by atoms with Gasteiger partial charge in [-0.3, -0.25) is 9.78 Å². The van der Waals surface area contributed by atoms with Crippen LogP contribution in [-0.4, -0.2) is 24.4 Å². The average Bonchev–Trinajstić information content (AvgIpc) is 2.44. The quantitative estimate of drug-likeness (QED) is 0.753. The molecule has 0 fully saturated rings. The molecule has 4 N–H and O–H groups in total. The number of sulfonamides is 1. The van der Waals surface area contributed by atoms with Crippen molar-refractivity contribution in [3.63, 3.8) is 0 Å². The molecule has 1 aromatic carbocycles. The van der Waals surface area contributed by atoms with Gasteiger partial charge in [0.05, 0.1) is 16.7 Å². The van der Waals surface area contributed by atoms with Crippen LogP contribution in [-0.2, 0) is 16.6 Å². The lowest BCUT2D eigenvalue weighted by Crippen LogP contribution is -2.23. The second-order valence-corrected chi connectivity index (χ2v) is 5.86. The smallest absolute Gasteiger partial charge is 0.253 e. The van der Waals surface area contributed by atoms with Gasteiger partial charge in [0.2, 0.25) is 10.0 Å². The summed E-state index contributed by atoms with van der Waals surface area (Å²) in [6, 6.07) is 7.15. The molecule has 1 aromatic heterocycles. The van der Waals surface area contributed by atoms with E-state index >= 15 is 0 Å². The second-order valence-electron chi connectivity index (χ2n) is 4.30. The Balaban J connectivity index is 2.02. The first-order valence-electron chi connectivity index (χ1n) is 5.90. The first-order valence-corrected chi connectivity index (χ1v) is 7.45. The molecule has 0 saturated heterocycles. The van der Waals surface area contributed by atoms with E-state index in [4.69, 9.17) is 5.14 Å². The number of benzene rings is 1. The third-order valence-corrected chi connectivity index (χ3v) is 3.62. The van der Waals surface area contributed by atoms with Crippen LogP contribution < -0.4 is 10.5 Å². The van der Waals surface area contributed by atoms with Crippen LogP contribution in [0.2, 0.25) is 0 Å². The van der Waals surface area contributed by atoms with Gasteiger partial charge >= 0.3 is 0 Å². The first-order chi connectivity index (χ1) is 9.86. The summed E-state index contributed by atoms with van der Waals surface area (Å²) in [6.07, 6.45) is 2.56. The van der Waals surface area contributed by atoms with Crippen LogP contribution in [0.4, 0.5) is 0 Å². The van der Waals surface area contributed by atoms with Gasteiger partial charge in [-0.1, -0.05) is 12.1 Å². The normalized spacial score (nSPS) is 11.1. The van der Waals surface area contributed by atoms with Crippen molar-refractivity contribution in [3.05, 3.63) is 53.9 Å². The maximum atomic E-state index is 11.8. The van der Waals surface area contributed by atoms with Crippen LogP contribution in [0.1, 0.15) is 15.9 Å². The average molecular weight is 307 g/mol. The number of aromatic hydroxyl groups is 1. The molecule has 1 amide bonds. The molecule has 0 aliphatic carbocycles. The second kappa shape index (κ2) is 5.90. The maximum Gasteiger partial charge on any atom is 0.253 e. The number of carbonyl (C=O) groups is 1. The van der Waals surface area contributed by atoms with Crippen molar-refractivity contribution in [1.29, 1.82) is 0 Å². The Morgan fingerprint density at radius 2 is 1.90 bits per heavy atom. The van der Waals surface area contributed by atoms with E-state index in [-0.39, 0.29) is 22.8 Å². The molecule has 0 aliphatic rings. The van der Waals surface area contributed by atoms with Gasteiger partial charge in [-0.2, -0.15) is 0 Å². The Hall–Kier alpha value is -2.45. The summed E-state index contributed by atoms with van der Waals surface area (Å²) < 4.78 is 22.2. The molecule has 21 heavy (non-hydrogen) atoms. The number of hydrogen-bond acceptors (Lipinski definition) is 5. The molecular formula is C13H13N3O4S. The fourth-order valence-corrected chi connectivity index (χ4v) is 2.15. The van der Waals surface area contributed by atoms with Crippen LogP contribution in [0.5, 0.6) is 5.75 Å². The molecule has 0 saturated carbocycles. The van der Waals surface area contributed by atoms with Crippen LogP contribution in [0, 0.1) is 0 Å². The zero-order valence-electron chi connectivity index (χ0n) is 10.9. The number of carbonyl (C=O) groups excluding carboxylic acids is 1. The van der Waals surface area contributed by atoms with Gasteiger partial charge in [-0.05, 0) is 23.8 Å². The molecule has 0 radical (unpaired) electrons. The Kier molecular flexibility index (Phi) is 4.20. The van der Waals surface area contributed by atoms with E-state index in [0.29, 0.717) is 5.56 Å². The van der Waals surface area contributed by atoms with Crippen molar-refractivity contribution in [1.82, 2.24) is 10.3 Å². The predicted molar refractivity (Wildman–Crippen MR) is 74.9 cm³/mol. The zero-order valence-corrected chi connectivity index (χ0v) is 11.7. The minimum Gasteiger partial charge on any atom is -0.506 e. The summed E-state index contributed by atoms with van der Waals surface area (Å²) >= 11 is 0. The molecule has 2 aromatic rings. The number of nitrogens with two attached hydrogens (primary N) is 1. The van der Waals surface area contributed by atoms with Crippen molar-refractivity contribution >= 4 is 15.9 Å². The number of nitrogens with one attached hydrogen (secondary N) is 1. The highest BCUT2D eigenvalue weighted by atomic mass is 32.2. The van der Waals surface area contributed by atoms with Gasteiger partial charge < -0.3 is 10.4 Å². The third-order valence-electron chi connectivity index (χ3n) is 2.69. The van der Waals surface area contributed by atoms with Gasteiger partial charge in [0.15, 0.2) is 0 Å². The van der Waals surface area contributed by atoms with Crippen LogP contribution in [0.15, 0.2) is 47.6 Å². The lowest BCUT2D eigenvalue weighted by atomic mass is 10.2. The number of aromatic nitrogens is 1. The molecule has 8 heteroatoms. The largest absolute Gasteiger partial charge is 0.506 e. The van der Waals surface area contributed by atoms with Crippen LogP contribution >= 0.6 is 0 Å². The summed E-state index contributed by atoms with van der Waals surface area (Å²) in [5, 5.41) is 16.9. The highest BCUT2D eigenvalue weighted by Crippen LogP contribution is 2.10. The number of primary sulfonamides is 1. The molecule has 7 nitrogen and oxygen atoms in total. The molecule has 0 aliphatic heterocycles. The number of rotatable bonds is 4. The van der Waals surface area contributed by atoms with Crippen molar-refractivity contribution in [2.45, 2.75) is 11.4 Å². The minimum absolute atomic E-state index is 0.00904. The van der Waals surface area contributed by atoms with Crippen LogP contribution in [0.25, 0.3) is 0 Å². The number of amides is 1. The predicted octanol–water partition coefficient (Wildman–Crippen LogP) is 0.365. The zero-order chi connectivity index (χ0) is 15.5. The van der Waals surface area contributed by atoms with E-state index in [0.717, 1.165) is 0 Å². The number of nitrogens with zero attached hydrogens (tertiary/aromatic N) is 1. The van der Waals surface area contributed by atoms with E-state index in [1.807, 2.05) is 0 Å². The monoisotopic (exact) mass is 307 g/mol. The molecule has 2 rings (SSSR count). The fourth-order valence-electron chi connectivity index (χ4n) is 1.63. The summed E-state index contributed by atoms with van der Waals surface area (Å²) in [4.78, 5) is 15.5. The van der Waals surface area contributed by atoms with Gasteiger partial charge in [-0.15, -0.1) is 0 Å². The fraction of sp³-hybridized carbons (Fsp3) is 0.0769. The van der Waals surface area contributed by atoms with E-state index in [9.17, 15) is 18.3 Å². The SMILES string of the molecule is NS(=O)(=O)c1ccc(CNC(=O)c2cncc(O)c2)cc1. The topological polar surface area (TPSA) is 122 Å². The Morgan fingerprint density at radius 1 is 1.24 bits per heavy atom. The molecule has 1 heterocycles. The van der Waals surface area contributed by atoms with E-state index in [2.05, 4.69) is 10.3 Å². The third kappa shape index (κ3) is 4.01. The highest BCUT2D eigenvalue weighted by Gasteiger charge is 2.08. The molecule has 0 unspecified atom stereocenters. The minimum atomic E-state index is -3.72. The summed E-state index contributed by atoms with van der Waals surface area (Å²) in [5.74, 6) is -0.492. The molecule has 0 bridgehead atoms. The lowest BCUT2D eigenvalue weighted by molar-refractivity contribution is 0.0950. The van der Waals surface area contributed by atoms with Gasteiger partial charge in [0.1, 0.15) is 5.75 Å². The van der Waals surface area contributed by atoms with Gasteiger partial charge in [0.25, 0.3) is 5.91 Å². The van der Waals surface area contributed by atoms with Crippen molar-refractivity contribution < 1.29 is 18.3 Å². The lowest BCUT2D eigenvalue weighted by Gasteiger charge is -2.06. The van der Waals surface area contributed by atoms with Gasteiger partial charge in [0, 0.05) is 12.7 Å². The highest BCUT2D eigenvalue weighted by molar-refractivity contribution is 7.89. The molecular weight excluding hydrogens is 294 g/mol. The van der Waals surface area contributed by atoms with Crippen LogP contribution in [0.3, 0.4) is 0 Å². The molecule has 0 spiro atoms. The summed E-state index contributed by atoms with van der Waals surface area (Å²) in [6.45, 7) is 0.208. The number of hydrogen-bond donors (Lipinski definition) is 3. The summed E-state index contributed by atoms with van der Waals surface area (Å²) in [7, 11) is -3.72. The summed E-state index contributed by atoms with van der Waals surface area (Å²) in [5.41, 5.74) is 0.944. The van der Waals surface area contributed by atoms with Crippen molar-refractivity contribution in [3.8, 4) is 5.75 Å². The standard InChI is InChI=1S/C13H13N3O4S/c14-21(19,20)12-3-1-9(2-4-12)6-16-13(18)10-5-11(17)8-15-7-10/h1-5,7-8,17H,6H2,(H,16,18)(H2,14,19,20). The Labute approximate surface area is 121 Å². The van der Waals surface area contributed by atoms with E-state index in [1.165, 1.54) is 30.6 Å². The first kappa shape index (κ1) is 14.9. The van der Waals surface area contributed by atoms with E-state index < -0.39 is 15.9 Å². The Bertz CT molecular complexity index is 757.